The zero-order chi connectivity index (χ0) is 16.5. The molecule has 0 amide bonds. The lowest BCUT2D eigenvalue weighted by Crippen LogP contribution is -2.04. The van der Waals surface area contributed by atoms with Gasteiger partial charge in [-0.3, -0.25) is 0 Å². The van der Waals surface area contributed by atoms with Gasteiger partial charge >= 0.3 is 0 Å². The molecule has 0 spiro atoms. The number of methoxy groups -OCH3 is 1. The van der Waals surface area contributed by atoms with E-state index in [1.807, 2.05) is 66.7 Å². The fourth-order valence-corrected chi connectivity index (χ4v) is 2.40. The minimum Gasteiger partial charge on any atom is -0.398 e. The second-order valence-electron chi connectivity index (χ2n) is 5.37. The van der Waals surface area contributed by atoms with Gasteiger partial charge in [0.05, 0.1) is 0 Å². The molecule has 0 bridgehead atoms. The highest BCUT2D eigenvalue weighted by Crippen LogP contribution is 2.21. The fraction of sp³-hybridized carbons (Fsp3) is 0.200. The van der Waals surface area contributed by atoms with Crippen LogP contribution >= 0.6 is 0 Å². The molecule has 4 N–H and O–H groups in total. The predicted octanol–water partition coefficient (Wildman–Crippen LogP) is 3.78. The first-order valence-electron chi connectivity index (χ1n) is 7.78. The quantitative estimate of drug-likeness (QED) is 0.604. The number of ether oxygens (including phenoxy) is 1. The summed E-state index contributed by atoms with van der Waals surface area (Å²) in [6, 6.07) is 19.9. The Morgan fingerprint density at radius 1 is 0.913 bits per heavy atom. The highest BCUT2D eigenvalue weighted by molar-refractivity contribution is 5.74. The topological polar surface area (TPSA) is 61.3 Å². The molecule has 3 nitrogen and oxygen atoms in total. The Hall–Kier alpha value is -2.52. The van der Waals surface area contributed by atoms with Crippen LogP contribution in [0, 0.1) is 0 Å². The number of hydrogen-bond acceptors (Lipinski definition) is 3. The summed E-state index contributed by atoms with van der Waals surface area (Å²) in [6.45, 7) is 0.699. The van der Waals surface area contributed by atoms with Crippen molar-refractivity contribution >= 4 is 11.4 Å². The molecule has 2 aromatic rings. The molecular weight excluding hydrogens is 284 g/mol. The third kappa shape index (κ3) is 5.01. The standard InChI is InChI=1S/C20H24N2O/c1-23-14-8-13-18(20(22)17-11-6-3-7-12-17)15-19(21)16-9-4-2-5-10-16/h2-7,9-12,15H,8,13-14,21-22H2,1H3/b19-15-,20-18-. The van der Waals surface area contributed by atoms with Crippen LogP contribution in [0.1, 0.15) is 24.0 Å². The van der Waals surface area contributed by atoms with Crippen molar-refractivity contribution in [2.75, 3.05) is 13.7 Å². The number of hydrogen-bond donors (Lipinski definition) is 2. The lowest BCUT2D eigenvalue weighted by atomic mass is 10.0. The van der Waals surface area contributed by atoms with Crippen molar-refractivity contribution in [2.24, 2.45) is 11.5 Å². The van der Waals surface area contributed by atoms with E-state index in [9.17, 15) is 0 Å². The molecule has 0 aliphatic heterocycles. The molecule has 0 aliphatic rings. The Morgan fingerprint density at radius 3 is 2.04 bits per heavy atom. The highest BCUT2D eigenvalue weighted by atomic mass is 16.5. The number of benzene rings is 2. The maximum atomic E-state index is 6.39. The molecule has 2 aromatic carbocycles. The van der Waals surface area contributed by atoms with Crippen LogP contribution in [0.3, 0.4) is 0 Å². The van der Waals surface area contributed by atoms with Crippen LogP contribution in [0.25, 0.3) is 11.4 Å². The Bertz CT molecular complexity index is 661. The van der Waals surface area contributed by atoms with Crippen molar-refractivity contribution in [3.05, 3.63) is 83.4 Å². The first-order chi connectivity index (χ1) is 11.2. The largest absolute Gasteiger partial charge is 0.398 e. The molecule has 2 rings (SSSR count). The van der Waals surface area contributed by atoms with E-state index in [1.54, 1.807) is 7.11 Å². The van der Waals surface area contributed by atoms with Gasteiger partial charge in [0, 0.05) is 25.1 Å². The molecule has 0 radical (unpaired) electrons. The van der Waals surface area contributed by atoms with Crippen LogP contribution in [0.2, 0.25) is 0 Å². The van der Waals surface area contributed by atoms with E-state index in [2.05, 4.69) is 0 Å². The second kappa shape index (κ2) is 8.81. The SMILES string of the molecule is COCCCC(/C=C(\N)c1ccccc1)=C(/N)c1ccccc1. The van der Waals surface area contributed by atoms with E-state index in [1.165, 1.54) is 0 Å². The molecule has 0 fully saturated rings. The summed E-state index contributed by atoms with van der Waals surface area (Å²) < 4.78 is 5.15. The lowest BCUT2D eigenvalue weighted by molar-refractivity contribution is 0.195. The van der Waals surface area contributed by atoms with Crippen molar-refractivity contribution in [1.29, 1.82) is 0 Å². The number of nitrogens with two attached hydrogens (primary N) is 2. The molecule has 0 aromatic heterocycles. The van der Waals surface area contributed by atoms with Gasteiger partial charge in [0.25, 0.3) is 0 Å². The van der Waals surface area contributed by atoms with Crippen molar-refractivity contribution in [3.63, 3.8) is 0 Å². The van der Waals surface area contributed by atoms with E-state index < -0.39 is 0 Å². The minimum absolute atomic E-state index is 0.699. The summed E-state index contributed by atoms with van der Waals surface area (Å²) in [5.41, 5.74) is 17.2. The van der Waals surface area contributed by atoms with Gasteiger partial charge in [-0.05, 0) is 35.6 Å². The lowest BCUT2D eigenvalue weighted by Gasteiger charge is -2.11. The average molecular weight is 308 g/mol. The molecule has 0 saturated heterocycles. The monoisotopic (exact) mass is 308 g/mol. The Kier molecular flexibility index (Phi) is 6.45. The molecule has 0 unspecified atom stereocenters. The van der Waals surface area contributed by atoms with E-state index in [0.717, 1.165) is 40.9 Å². The van der Waals surface area contributed by atoms with Crippen LogP contribution in [0.15, 0.2) is 72.3 Å². The molecule has 0 saturated carbocycles. The van der Waals surface area contributed by atoms with Crippen LogP contribution in [-0.2, 0) is 4.74 Å². The van der Waals surface area contributed by atoms with Gasteiger partial charge < -0.3 is 16.2 Å². The molecule has 23 heavy (non-hydrogen) atoms. The van der Waals surface area contributed by atoms with Crippen molar-refractivity contribution in [2.45, 2.75) is 12.8 Å². The van der Waals surface area contributed by atoms with Crippen molar-refractivity contribution < 1.29 is 4.74 Å². The van der Waals surface area contributed by atoms with Gasteiger partial charge in [-0.15, -0.1) is 0 Å². The van der Waals surface area contributed by atoms with Crippen LogP contribution < -0.4 is 11.5 Å². The summed E-state index contributed by atoms with van der Waals surface area (Å²) in [5.74, 6) is 0. The molecule has 0 heterocycles. The summed E-state index contributed by atoms with van der Waals surface area (Å²) in [5, 5.41) is 0. The van der Waals surface area contributed by atoms with Crippen LogP contribution in [0.5, 0.6) is 0 Å². The molecule has 0 atom stereocenters. The Morgan fingerprint density at radius 2 is 1.48 bits per heavy atom. The van der Waals surface area contributed by atoms with Gasteiger partial charge in [-0.25, -0.2) is 0 Å². The predicted molar refractivity (Wildman–Crippen MR) is 97.3 cm³/mol. The third-order valence-electron chi connectivity index (χ3n) is 3.66. The summed E-state index contributed by atoms with van der Waals surface area (Å²) in [7, 11) is 1.71. The first-order valence-corrected chi connectivity index (χ1v) is 7.78. The Balaban J connectivity index is 2.34. The maximum Gasteiger partial charge on any atom is 0.0465 e. The number of allylic oxidation sites excluding steroid dienone is 2. The van der Waals surface area contributed by atoms with Gasteiger partial charge in [-0.1, -0.05) is 60.7 Å². The molecule has 0 aliphatic carbocycles. The molecule has 3 heteroatoms. The number of rotatable bonds is 7. The second-order valence-corrected chi connectivity index (χ2v) is 5.37. The van der Waals surface area contributed by atoms with Gasteiger partial charge in [-0.2, -0.15) is 0 Å². The van der Waals surface area contributed by atoms with Gasteiger partial charge in [0.1, 0.15) is 0 Å². The van der Waals surface area contributed by atoms with Gasteiger partial charge in [0.15, 0.2) is 0 Å². The fourth-order valence-electron chi connectivity index (χ4n) is 2.40. The van der Waals surface area contributed by atoms with E-state index in [4.69, 9.17) is 16.2 Å². The zero-order valence-corrected chi connectivity index (χ0v) is 13.5. The van der Waals surface area contributed by atoms with Crippen LogP contribution in [0.4, 0.5) is 0 Å². The van der Waals surface area contributed by atoms with Crippen molar-refractivity contribution in [1.82, 2.24) is 0 Å². The van der Waals surface area contributed by atoms with Crippen LogP contribution in [-0.4, -0.2) is 13.7 Å². The van der Waals surface area contributed by atoms with E-state index in [0.29, 0.717) is 6.61 Å². The van der Waals surface area contributed by atoms with Crippen molar-refractivity contribution in [3.8, 4) is 0 Å². The maximum absolute atomic E-state index is 6.39. The molecular formula is C20H24N2O. The smallest absolute Gasteiger partial charge is 0.0465 e. The average Bonchev–Trinajstić information content (AvgIpc) is 2.62. The summed E-state index contributed by atoms with van der Waals surface area (Å²) >= 11 is 0. The molecule has 120 valence electrons. The first kappa shape index (κ1) is 16.8. The van der Waals surface area contributed by atoms with E-state index >= 15 is 0 Å². The summed E-state index contributed by atoms with van der Waals surface area (Å²) in [4.78, 5) is 0. The highest BCUT2D eigenvalue weighted by Gasteiger charge is 2.06. The third-order valence-corrected chi connectivity index (χ3v) is 3.66. The Labute approximate surface area is 138 Å². The normalized spacial score (nSPS) is 12.8. The minimum atomic E-state index is 0.699. The zero-order valence-electron chi connectivity index (χ0n) is 13.5. The van der Waals surface area contributed by atoms with E-state index in [-0.39, 0.29) is 0 Å². The van der Waals surface area contributed by atoms with Gasteiger partial charge in [0.2, 0.25) is 0 Å². The summed E-state index contributed by atoms with van der Waals surface area (Å²) in [6.07, 6.45) is 3.70.